The molecule has 0 radical (unpaired) electrons. The molecule has 0 fully saturated rings. The molecule has 0 N–H and O–H groups in total. The molecule has 0 saturated carbocycles. The van der Waals surface area contributed by atoms with Crippen molar-refractivity contribution in [2.24, 2.45) is 5.16 Å². The minimum atomic E-state index is 0.707. The van der Waals surface area contributed by atoms with Crippen molar-refractivity contribution in [1.29, 1.82) is 0 Å². The minimum absolute atomic E-state index is 0.707. The van der Waals surface area contributed by atoms with Crippen molar-refractivity contribution in [2.75, 3.05) is 20.0 Å². The lowest BCUT2D eigenvalue weighted by molar-refractivity contribution is 0.213. The van der Waals surface area contributed by atoms with Crippen LogP contribution in [0.4, 0.5) is 0 Å². The van der Waals surface area contributed by atoms with Crippen LogP contribution in [0.15, 0.2) is 58.6 Å². The highest BCUT2D eigenvalue weighted by Crippen LogP contribution is 2.23. The molecule has 0 atom stereocenters. The number of hydrogen-bond acceptors (Lipinski definition) is 4. The van der Waals surface area contributed by atoms with Gasteiger partial charge in [-0.25, -0.2) is 0 Å². The Morgan fingerprint density at radius 2 is 1.71 bits per heavy atom. The van der Waals surface area contributed by atoms with E-state index in [1.165, 1.54) is 0 Å². The molecule has 0 bridgehead atoms. The van der Waals surface area contributed by atoms with Crippen molar-refractivity contribution in [3.63, 3.8) is 0 Å². The van der Waals surface area contributed by atoms with Gasteiger partial charge in [0.2, 0.25) is 0 Å². The summed E-state index contributed by atoms with van der Waals surface area (Å²) in [6.07, 6.45) is 0. The first kappa shape index (κ1) is 15.7. The number of benzene rings is 2. The highest BCUT2D eigenvalue weighted by Gasteiger charge is 2.06. The standard InChI is InChI=1S/C16H16ClNO2S/c1-19-14-7-9-15(10-8-14)21-11-16(18-20-2)12-3-5-13(17)6-4-12/h3-10H,11H2,1-2H3/b18-16+. The zero-order chi connectivity index (χ0) is 15.1. The van der Waals surface area contributed by atoms with Gasteiger partial charge in [0.15, 0.2) is 0 Å². The summed E-state index contributed by atoms with van der Waals surface area (Å²) in [4.78, 5) is 6.08. The predicted molar refractivity (Wildman–Crippen MR) is 88.7 cm³/mol. The van der Waals surface area contributed by atoms with E-state index >= 15 is 0 Å². The average molecular weight is 322 g/mol. The maximum atomic E-state index is 5.91. The number of hydrogen-bond donors (Lipinski definition) is 0. The average Bonchev–Trinajstić information content (AvgIpc) is 2.53. The van der Waals surface area contributed by atoms with Gasteiger partial charge < -0.3 is 9.57 Å². The lowest BCUT2D eigenvalue weighted by Gasteiger charge is -2.07. The molecule has 5 heteroatoms. The summed E-state index contributed by atoms with van der Waals surface area (Å²) in [5.41, 5.74) is 1.87. The Balaban J connectivity index is 2.06. The highest BCUT2D eigenvalue weighted by molar-refractivity contribution is 8.00. The summed E-state index contributed by atoms with van der Waals surface area (Å²) < 4.78 is 5.15. The van der Waals surface area contributed by atoms with Crippen molar-refractivity contribution in [3.05, 3.63) is 59.1 Å². The highest BCUT2D eigenvalue weighted by atomic mass is 35.5. The van der Waals surface area contributed by atoms with E-state index in [1.807, 2.05) is 48.5 Å². The first-order valence-electron chi connectivity index (χ1n) is 6.35. The summed E-state index contributed by atoms with van der Waals surface area (Å²) in [6.45, 7) is 0. The Labute approximate surface area is 133 Å². The summed E-state index contributed by atoms with van der Waals surface area (Å²) >= 11 is 7.59. The van der Waals surface area contributed by atoms with Gasteiger partial charge in [0.25, 0.3) is 0 Å². The van der Waals surface area contributed by atoms with Crippen LogP contribution in [0.5, 0.6) is 5.75 Å². The summed E-state index contributed by atoms with van der Waals surface area (Å²) in [6, 6.07) is 15.5. The lowest BCUT2D eigenvalue weighted by atomic mass is 10.1. The van der Waals surface area contributed by atoms with Gasteiger partial charge in [-0.05, 0) is 36.4 Å². The third-order valence-electron chi connectivity index (χ3n) is 2.81. The molecule has 2 aromatic rings. The van der Waals surface area contributed by atoms with Gasteiger partial charge >= 0.3 is 0 Å². The molecule has 110 valence electrons. The first-order valence-corrected chi connectivity index (χ1v) is 7.72. The monoisotopic (exact) mass is 321 g/mol. The first-order chi connectivity index (χ1) is 10.2. The Bertz CT molecular complexity index is 597. The van der Waals surface area contributed by atoms with Crippen LogP contribution in [0.3, 0.4) is 0 Å². The van der Waals surface area contributed by atoms with E-state index in [4.69, 9.17) is 21.2 Å². The SMILES string of the molecule is CO/N=C(\CSc1ccc(OC)cc1)c1ccc(Cl)cc1. The van der Waals surface area contributed by atoms with Crippen LogP contribution in [0.25, 0.3) is 0 Å². The third kappa shape index (κ3) is 4.69. The van der Waals surface area contributed by atoms with Gasteiger partial charge in [0.1, 0.15) is 12.9 Å². The summed E-state index contributed by atoms with van der Waals surface area (Å²) in [7, 11) is 3.21. The Morgan fingerprint density at radius 1 is 1.05 bits per heavy atom. The molecule has 0 aliphatic carbocycles. The fourth-order valence-electron chi connectivity index (χ4n) is 1.74. The lowest BCUT2D eigenvalue weighted by Crippen LogP contribution is -2.05. The topological polar surface area (TPSA) is 30.8 Å². The van der Waals surface area contributed by atoms with E-state index in [9.17, 15) is 0 Å². The van der Waals surface area contributed by atoms with Gasteiger partial charge in [-0.3, -0.25) is 0 Å². The molecule has 0 aromatic heterocycles. The number of methoxy groups -OCH3 is 1. The second kappa shape index (κ2) is 7.96. The molecule has 2 rings (SSSR count). The maximum absolute atomic E-state index is 5.91. The van der Waals surface area contributed by atoms with Gasteiger partial charge in [-0.2, -0.15) is 0 Å². The van der Waals surface area contributed by atoms with Crippen LogP contribution in [0.2, 0.25) is 5.02 Å². The molecular formula is C16H16ClNO2S. The van der Waals surface area contributed by atoms with Crippen molar-refractivity contribution in [1.82, 2.24) is 0 Å². The Hall–Kier alpha value is -1.65. The Kier molecular flexibility index (Phi) is 5.96. The molecule has 0 aliphatic heterocycles. The van der Waals surface area contributed by atoms with Crippen molar-refractivity contribution in [2.45, 2.75) is 4.90 Å². The maximum Gasteiger partial charge on any atom is 0.118 e. The number of oxime groups is 1. The quantitative estimate of drug-likeness (QED) is 0.446. The molecule has 3 nitrogen and oxygen atoms in total. The second-order valence-corrected chi connectivity index (χ2v) is 5.68. The molecule has 0 spiro atoms. The van der Waals surface area contributed by atoms with Crippen LogP contribution in [0.1, 0.15) is 5.56 Å². The van der Waals surface area contributed by atoms with Gasteiger partial charge in [0.05, 0.1) is 12.8 Å². The zero-order valence-corrected chi connectivity index (χ0v) is 13.4. The van der Waals surface area contributed by atoms with Crippen LogP contribution >= 0.6 is 23.4 Å². The van der Waals surface area contributed by atoms with E-state index in [0.717, 1.165) is 21.9 Å². The van der Waals surface area contributed by atoms with Gasteiger partial charge in [-0.1, -0.05) is 28.9 Å². The number of halogens is 1. The van der Waals surface area contributed by atoms with Crippen LogP contribution in [0, 0.1) is 0 Å². The Morgan fingerprint density at radius 3 is 2.29 bits per heavy atom. The number of thioether (sulfide) groups is 1. The molecule has 2 aromatic carbocycles. The third-order valence-corrected chi connectivity index (χ3v) is 4.09. The molecule has 0 unspecified atom stereocenters. The largest absolute Gasteiger partial charge is 0.497 e. The van der Waals surface area contributed by atoms with Gasteiger partial charge in [0, 0.05) is 21.2 Å². The van der Waals surface area contributed by atoms with Crippen LogP contribution in [-0.4, -0.2) is 25.7 Å². The van der Waals surface area contributed by atoms with Crippen molar-refractivity contribution >= 4 is 29.1 Å². The van der Waals surface area contributed by atoms with E-state index in [0.29, 0.717) is 10.8 Å². The second-order valence-electron chi connectivity index (χ2n) is 4.19. The van der Waals surface area contributed by atoms with Crippen molar-refractivity contribution < 1.29 is 9.57 Å². The molecule has 0 amide bonds. The van der Waals surface area contributed by atoms with E-state index < -0.39 is 0 Å². The molecule has 0 heterocycles. The zero-order valence-electron chi connectivity index (χ0n) is 11.9. The van der Waals surface area contributed by atoms with E-state index in [1.54, 1.807) is 26.0 Å². The van der Waals surface area contributed by atoms with Crippen molar-refractivity contribution in [3.8, 4) is 5.75 Å². The predicted octanol–water partition coefficient (Wildman–Crippen LogP) is 4.49. The number of ether oxygens (including phenoxy) is 1. The molecular weight excluding hydrogens is 306 g/mol. The smallest absolute Gasteiger partial charge is 0.118 e. The van der Waals surface area contributed by atoms with Crippen LogP contribution in [-0.2, 0) is 4.84 Å². The summed E-state index contributed by atoms with van der Waals surface area (Å²) in [5.74, 6) is 1.56. The van der Waals surface area contributed by atoms with Crippen LogP contribution < -0.4 is 4.74 Å². The summed E-state index contributed by atoms with van der Waals surface area (Å²) in [5, 5.41) is 4.81. The fraction of sp³-hybridized carbons (Fsp3) is 0.188. The normalized spacial score (nSPS) is 11.3. The fourth-order valence-corrected chi connectivity index (χ4v) is 2.72. The molecule has 21 heavy (non-hydrogen) atoms. The van der Waals surface area contributed by atoms with E-state index in [2.05, 4.69) is 5.16 Å². The van der Waals surface area contributed by atoms with E-state index in [-0.39, 0.29) is 0 Å². The number of rotatable bonds is 6. The number of nitrogens with zero attached hydrogens (tertiary/aromatic N) is 1. The minimum Gasteiger partial charge on any atom is -0.497 e. The molecule has 0 aliphatic rings. The van der Waals surface area contributed by atoms with Gasteiger partial charge in [-0.15, -0.1) is 11.8 Å². The molecule has 0 saturated heterocycles.